The summed E-state index contributed by atoms with van der Waals surface area (Å²) in [6.07, 6.45) is 3.10. The van der Waals surface area contributed by atoms with Crippen molar-refractivity contribution in [2.24, 2.45) is 13.0 Å². The maximum absolute atomic E-state index is 15.4. The summed E-state index contributed by atoms with van der Waals surface area (Å²) < 4.78 is 89.1. The van der Waals surface area contributed by atoms with Crippen LogP contribution in [0.15, 0.2) is 48.7 Å². The summed E-state index contributed by atoms with van der Waals surface area (Å²) in [6, 6.07) is 8.11. The molecule has 282 valence electrons. The highest BCUT2D eigenvalue weighted by atomic mass is 35.5. The third kappa shape index (κ3) is 7.15. The lowest BCUT2D eigenvalue weighted by molar-refractivity contribution is -0.123. The van der Waals surface area contributed by atoms with Crippen LogP contribution < -0.4 is 10.0 Å². The van der Waals surface area contributed by atoms with E-state index in [1.807, 2.05) is 0 Å². The fraction of sp³-hybridized carbons (Fsp3) is 0.351. The molecule has 5 aromatic rings. The van der Waals surface area contributed by atoms with Gasteiger partial charge in [0, 0.05) is 35.7 Å². The number of pyridine rings is 1. The van der Waals surface area contributed by atoms with Crippen molar-refractivity contribution in [1.82, 2.24) is 29.9 Å². The third-order valence-electron chi connectivity index (χ3n) is 9.57. The number of alkyl halides is 2. The number of hydrogen-bond donors (Lipinski definition) is 3. The van der Waals surface area contributed by atoms with E-state index in [0.29, 0.717) is 41.1 Å². The number of halogens is 5. The average molecular weight is 784 g/mol. The van der Waals surface area contributed by atoms with Crippen LogP contribution >= 0.6 is 11.6 Å². The van der Waals surface area contributed by atoms with E-state index in [0.717, 1.165) is 23.1 Å². The average Bonchev–Trinajstić information content (AvgIpc) is 3.62. The monoisotopic (exact) mass is 783 g/mol. The van der Waals surface area contributed by atoms with Crippen molar-refractivity contribution >= 4 is 44.3 Å². The predicted molar refractivity (Wildman–Crippen MR) is 193 cm³/mol. The number of aliphatic hydroxyl groups is 1. The van der Waals surface area contributed by atoms with Crippen LogP contribution in [0.1, 0.15) is 66.9 Å². The Morgan fingerprint density at radius 1 is 1.13 bits per heavy atom. The van der Waals surface area contributed by atoms with E-state index in [2.05, 4.69) is 32.1 Å². The van der Waals surface area contributed by atoms with Crippen LogP contribution in [0.3, 0.4) is 0 Å². The van der Waals surface area contributed by atoms with Gasteiger partial charge in [0.15, 0.2) is 5.82 Å². The molecule has 2 aliphatic rings. The summed E-state index contributed by atoms with van der Waals surface area (Å²) in [5.74, 6) is -1.33. The van der Waals surface area contributed by atoms with Gasteiger partial charge in [-0.1, -0.05) is 23.6 Å². The predicted octanol–water partition coefficient (Wildman–Crippen LogP) is 5.96. The Bertz CT molecular complexity index is 2500. The normalized spacial score (nSPS) is 18.0. The minimum absolute atomic E-state index is 0.0406. The lowest BCUT2D eigenvalue weighted by atomic mass is 9.73. The molecular weight excluding hydrogens is 750 g/mol. The van der Waals surface area contributed by atoms with Crippen molar-refractivity contribution in [3.05, 3.63) is 93.5 Å². The van der Waals surface area contributed by atoms with Crippen molar-refractivity contribution in [2.75, 3.05) is 11.0 Å². The number of benzene rings is 2. The third-order valence-corrected chi connectivity index (χ3v) is 10.5. The molecular formula is C37H34ClF4N7O4S. The van der Waals surface area contributed by atoms with Crippen molar-refractivity contribution in [1.29, 1.82) is 0 Å². The van der Waals surface area contributed by atoms with Crippen LogP contribution in [-0.4, -0.2) is 55.8 Å². The summed E-state index contributed by atoms with van der Waals surface area (Å²) in [4.78, 5) is 18.7. The quantitative estimate of drug-likeness (QED) is 0.124. The summed E-state index contributed by atoms with van der Waals surface area (Å²) in [7, 11) is -2.21. The molecule has 0 spiro atoms. The minimum Gasteiger partial charge on any atom is -0.378 e. The molecule has 54 heavy (non-hydrogen) atoms. The first-order valence-electron chi connectivity index (χ1n) is 16.9. The lowest BCUT2D eigenvalue weighted by Gasteiger charge is -2.33. The highest BCUT2D eigenvalue weighted by Gasteiger charge is 2.60. The SMILES string of the molecule is Cn1nc(NS(C)(=O)=O)c2c(Cl)ccc(-c3ccc(C#CC(C)(C)O)nc3C(Cc3cc(F)cc(F)c3)NC(=O)Cn3ncc4c3C(F)(F)C3CCC43)c21. The fourth-order valence-corrected chi connectivity index (χ4v) is 8.03. The zero-order valence-corrected chi connectivity index (χ0v) is 31.0. The molecule has 0 aliphatic heterocycles. The number of aromatic nitrogens is 5. The highest BCUT2D eigenvalue weighted by Crippen LogP contribution is 2.62. The van der Waals surface area contributed by atoms with Crippen molar-refractivity contribution in [3.8, 4) is 23.0 Å². The number of carbonyl (C=O) groups excluding carboxylic acids is 1. The molecule has 3 heterocycles. The molecule has 1 saturated carbocycles. The second kappa shape index (κ2) is 13.4. The molecule has 0 bridgehead atoms. The molecule has 7 rings (SSSR count). The van der Waals surface area contributed by atoms with E-state index in [1.54, 1.807) is 25.2 Å². The molecule has 17 heteroatoms. The molecule has 2 aliphatic carbocycles. The number of nitrogens with one attached hydrogen (secondary N) is 2. The van der Waals surface area contributed by atoms with Crippen LogP contribution in [0, 0.1) is 29.4 Å². The van der Waals surface area contributed by atoms with Crippen molar-refractivity contribution in [3.63, 3.8) is 0 Å². The Hall–Kier alpha value is -4.98. The largest absolute Gasteiger partial charge is 0.378 e. The van der Waals surface area contributed by atoms with Gasteiger partial charge < -0.3 is 10.4 Å². The Kier molecular flexibility index (Phi) is 9.26. The Balaban J connectivity index is 1.38. The number of nitrogens with zero attached hydrogens (tertiary/aromatic N) is 5. The molecule has 3 N–H and O–H groups in total. The second-order valence-corrected chi connectivity index (χ2v) is 16.4. The lowest BCUT2D eigenvalue weighted by Crippen LogP contribution is -2.36. The van der Waals surface area contributed by atoms with Crippen LogP contribution in [0.2, 0.25) is 5.02 Å². The smallest absolute Gasteiger partial charge is 0.293 e. The number of carbonyl (C=O) groups is 1. The first kappa shape index (κ1) is 37.3. The summed E-state index contributed by atoms with van der Waals surface area (Å²) in [5, 5.41) is 22.1. The molecule has 0 radical (unpaired) electrons. The number of amides is 1. The highest BCUT2D eigenvalue weighted by molar-refractivity contribution is 7.92. The van der Waals surface area contributed by atoms with Gasteiger partial charge in [0.05, 0.1) is 40.1 Å². The number of anilines is 1. The number of hydrogen-bond acceptors (Lipinski definition) is 7. The van der Waals surface area contributed by atoms with Gasteiger partial charge in [0.25, 0.3) is 5.92 Å². The Morgan fingerprint density at radius 3 is 2.48 bits per heavy atom. The van der Waals surface area contributed by atoms with E-state index in [9.17, 15) is 27.1 Å². The number of fused-ring (bicyclic) bond motifs is 4. The summed E-state index contributed by atoms with van der Waals surface area (Å²) in [5.41, 5.74) is 0.340. The number of sulfonamides is 1. The van der Waals surface area contributed by atoms with Gasteiger partial charge in [0.2, 0.25) is 15.9 Å². The fourth-order valence-electron chi connectivity index (χ4n) is 7.29. The van der Waals surface area contributed by atoms with E-state index < -0.39 is 57.6 Å². The van der Waals surface area contributed by atoms with Crippen LogP contribution in [-0.2, 0) is 40.8 Å². The molecule has 3 aromatic heterocycles. The Labute approximate surface area is 312 Å². The van der Waals surface area contributed by atoms with Crippen molar-refractivity contribution < 1.29 is 35.9 Å². The molecule has 2 aromatic carbocycles. The van der Waals surface area contributed by atoms with Crippen LogP contribution in [0.4, 0.5) is 23.4 Å². The van der Waals surface area contributed by atoms with Crippen molar-refractivity contribution in [2.45, 2.75) is 63.1 Å². The minimum atomic E-state index is -3.78. The molecule has 11 nitrogen and oxygen atoms in total. The van der Waals surface area contributed by atoms with Gasteiger partial charge in [-0.15, -0.1) is 0 Å². The van der Waals surface area contributed by atoms with E-state index >= 15 is 8.78 Å². The van der Waals surface area contributed by atoms with E-state index in [1.165, 1.54) is 30.8 Å². The van der Waals surface area contributed by atoms with Gasteiger partial charge >= 0.3 is 0 Å². The molecule has 1 amide bonds. The zero-order valence-electron chi connectivity index (χ0n) is 29.4. The molecule has 1 fully saturated rings. The van der Waals surface area contributed by atoms with E-state index in [4.69, 9.17) is 16.6 Å². The Morgan fingerprint density at radius 2 is 1.83 bits per heavy atom. The van der Waals surface area contributed by atoms with Crippen LogP contribution in [0.5, 0.6) is 0 Å². The van der Waals surface area contributed by atoms with Crippen LogP contribution in [0.25, 0.3) is 22.0 Å². The van der Waals surface area contributed by atoms with Gasteiger partial charge in [0.1, 0.15) is 35.2 Å². The molecule has 3 atom stereocenters. The standard InChI is InChI=1S/C37H34ClF4N7O4S/c1-36(2,51)12-11-22-5-6-24(25-8-10-28(38)31-33(25)48(3)46-35(31)47-54(4,52)53)32(44-22)29(15-19-13-20(39)16-21(40)14-19)45-30(50)18-49-34-26(17-43-49)23-7-9-27(23)37(34,41)42/h5-6,8,10,13-14,16-17,23,27,29,51H,7,9,15,18H2,1-4H3,(H,45,50)(H,46,47). The first-order chi connectivity index (χ1) is 25.3. The number of aryl methyl sites for hydroxylation is 1. The maximum Gasteiger partial charge on any atom is 0.293 e. The zero-order chi connectivity index (χ0) is 38.9. The van der Waals surface area contributed by atoms with Gasteiger partial charge in [-0.2, -0.15) is 19.0 Å². The van der Waals surface area contributed by atoms with E-state index in [-0.39, 0.29) is 51.2 Å². The van der Waals surface area contributed by atoms with Gasteiger partial charge in [-0.3, -0.25) is 18.9 Å². The molecule has 3 unspecified atom stereocenters. The topological polar surface area (TPSA) is 144 Å². The first-order valence-corrected chi connectivity index (χ1v) is 19.1. The summed E-state index contributed by atoms with van der Waals surface area (Å²) in [6.45, 7) is 2.37. The number of rotatable bonds is 9. The van der Waals surface area contributed by atoms with Gasteiger partial charge in [-0.25, -0.2) is 22.2 Å². The summed E-state index contributed by atoms with van der Waals surface area (Å²) >= 11 is 6.60. The molecule has 0 saturated heterocycles. The van der Waals surface area contributed by atoms with Gasteiger partial charge in [-0.05, 0) is 80.8 Å². The maximum atomic E-state index is 15.4. The second-order valence-electron chi connectivity index (χ2n) is 14.2.